The van der Waals surface area contributed by atoms with Gasteiger partial charge in [-0.2, -0.15) is 0 Å². The Morgan fingerprint density at radius 2 is 1.87 bits per heavy atom. The van der Waals surface area contributed by atoms with Crippen LogP contribution in [0.25, 0.3) is 5.57 Å². The predicted octanol–water partition coefficient (Wildman–Crippen LogP) is 4.10. The fraction of sp³-hybridized carbons (Fsp3) is 0.211. The smallest absolute Gasteiger partial charge is 0.335 e. The first-order valence-electron chi connectivity index (χ1n) is 7.51. The lowest BCUT2D eigenvalue weighted by Crippen LogP contribution is -2.28. The Labute approximate surface area is 142 Å². The molecule has 3 nitrogen and oxygen atoms in total. The van der Waals surface area contributed by atoms with Crippen molar-refractivity contribution >= 4 is 23.9 Å². The molecule has 23 heavy (non-hydrogen) atoms. The van der Waals surface area contributed by atoms with Crippen molar-refractivity contribution in [1.29, 1.82) is 0 Å². The molecule has 0 fully saturated rings. The van der Waals surface area contributed by atoms with Crippen LogP contribution < -0.4 is 0 Å². The quantitative estimate of drug-likeness (QED) is 0.918. The third kappa shape index (κ3) is 4.44. The second-order valence-corrected chi connectivity index (χ2v) is 5.59. The Kier molecular flexibility index (Phi) is 5.97. The third-order valence-corrected chi connectivity index (χ3v) is 4.02. The largest absolute Gasteiger partial charge is 0.478 e. The van der Waals surface area contributed by atoms with Gasteiger partial charge < -0.3 is 5.11 Å². The van der Waals surface area contributed by atoms with Crippen LogP contribution in [-0.4, -0.2) is 29.1 Å². The first-order chi connectivity index (χ1) is 10.7. The van der Waals surface area contributed by atoms with Gasteiger partial charge in [-0.25, -0.2) is 4.79 Å². The average Bonchev–Trinajstić information content (AvgIpc) is 2.56. The Morgan fingerprint density at radius 1 is 1.09 bits per heavy atom. The molecular formula is C19H20ClNO2. The summed E-state index contributed by atoms with van der Waals surface area (Å²) >= 11 is 0. The summed E-state index contributed by atoms with van der Waals surface area (Å²) in [6.07, 6.45) is 3.17. The minimum Gasteiger partial charge on any atom is -0.478 e. The SMILES string of the molecule is Cl.O=C(O)c1cccc(C2=CCN(Cc3ccccc3)CC2)c1. The van der Waals surface area contributed by atoms with Gasteiger partial charge in [-0.3, -0.25) is 4.90 Å². The molecule has 1 N–H and O–H groups in total. The molecule has 0 amide bonds. The van der Waals surface area contributed by atoms with Crippen LogP contribution in [0.4, 0.5) is 0 Å². The molecule has 2 aromatic rings. The van der Waals surface area contributed by atoms with E-state index in [1.165, 1.54) is 11.1 Å². The standard InChI is InChI=1S/C19H19NO2.ClH/c21-19(22)18-8-4-7-17(13-18)16-9-11-20(12-10-16)14-15-5-2-1-3-6-15;/h1-9,13H,10-12,14H2,(H,21,22);1H. The van der Waals surface area contributed by atoms with Gasteiger partial charge in [-0.1, -0.05) is 48.5 Å². The molecule has 4 heteroatoms. The molecule has 120 valence electrons. The summed E-state index contributed by atoms with van der Waals surface area (Å²) in [4.78, 5) is 13.5. The molecule has 0 spiro atoms. The Hall–Kier alpha value is -2.10. The number of hydrogen-bond donors (Lipinski definition) is 1. The number of nitrogens with zero attached hydrogens (tertiary/aromatic N) is 1. The minimum atomic E-state index is -0.871. The number of hydrogen-bond acceptors (Lipinski definition) is 2. The highest BCUT2D eigenvalue weighted by atomic mass is 35.5. The summed E-state index contributed by atoms with van der Waals surface area (Å²) in [7, 11) is 0. The molecule has 0 unspecified atom stereocenters. The van der Waals surface area contributed by atoms with E-state index in [1.807, 2.05) is 18.2 Å². The summed E-state index contributed by atoms with van der Waals surface area (Å²) in [5.41, 5.74) is 3.95. The van der Waals surface area contributed by atoms with Crippen molar-refractivity contribution in [3.8, 4) is 0 Å². The zero-order valence-electron chi connectivity index (χ0n) is 12.8. The van der Waals surface area contributed by atoms with Crippen molar-refractivity contribution in [3.63, 3.8) is 0 Å². The second kappa shape index (κ2) is 7.95. The van der Waals surface area contributed by atoms with Crippen molar-refractivity contribution < 1.29 is 9.90 Å². The molecule has 2 aromatic carbocycles. The maximum absolute atomic E-state index is 11.1. The van der Waals surface area contributed by atoms with Crippen LogP contribution in [0.5, 0.6) is 0 Å². The molecule has 3 rings (SSSR count). The van der Waals surface area contributed by atoms with Gasteiger partial charge in [-0.05, 0) is 35.3 Å². The van der Waals surface area contributed by atoms with Gasteiger partial charge >= 0.3 is 5.97 Å². The van der Waals surface area contributed by atoms with E-state index in [4.69, 9.17) is 5.11 Å². The topological polar surface area (TPSA) is 40.5 Å². The summed E-state index contributed by atoms with van der Waals surface area (Å²) in [5, 5.41) is 9.09. The number of carboxylic acids is 1. The molecule has 1 heterocycles. The van der Waals surface area contributed by atoms with Crippen molar-refractivity contribution in [2.75, 3.05) is 13.1 Å². The highest BCUT2D eigenvalue weighted by Crippen LogP contribution is 2.24. The molecule has 1 aliphatic heterocycles. The number of benzene rings is 2. The van der Waals surface area contributed by atoms with Crippen LogP contribution in [0.2, 0.25) is 0 Å². The Bertz CT molecular complexity index is 698. The van der Waals surface area contributed by atoms with Gasteiger partial charge in [0.2, 0.25) is 0 Å². The van der Waals surface area contributed by atoms with Crippen LogP contribution in [0.3, 0.4) is 0 Å². The maximum Gasteiger partial charge on any atom is 0.335 e. The first kappa shape index (κ1) is 17.3. The summed E-state index contributed by atoms with van der Waals surface area (Å²) in [5.74, 6) is -0.871. The maximum atomic E-state index is 11.1. The average molecular weight is 330 g/mol. The first-order valence-corrected chi connectivity index (χ1v) is 7.51. The molecule has 0 saturated carbocycles. The fourth-order valence-corrected chi connectivity index (χ4v) is 2.81. The monoisotopic (exact) mass is 329 g/mol. The molecule has 0 atom stereocenters. The van der Waals surface area contributed by atoms with E-state index in [0.717, 1.165) is 31.6 Å². The van der Waals surface area contributed by atoms with Gasteiger partial charge in [0.25, 0.3) is 0 Å². The zero-order chi connectivity index (χ0) is 15.4. The van der Waals surface area contributed by atoms with Crippen molar-refractivity contribution in [2.24, 2.45) is 0 Å². The Morgan fingerprint density at radius 3 is 2.52 bits per heavy atom. The molecule has 0 saturated heterocycles. The molecule has 0 bridgehead atoms. The number of rotatable bonds is 4. The van der Waals surface area contributed by atoms with E-state index in [-0.39, 0.29) is 12.4 Å². The number of carboxylic acid groups (broad SMARTS) is 1. The number of carbonyl (C=O) groups is 1. The highest BCUT2D eigenvalue weighted by molar-refractivity contribution is 5.89. The molecule has 0 aliphatic carbocycles. The van der Waals surface area contributed by atoms with Gasteiger partial charge in [-0.15, -0.1) is 12.4 Å². The molecule has 0 radical (unpaired) electrons. The van der Waals surface area contributed by atoms with Gasteiger partial charge in [0.1, 0.15) is 0 Å². The Balaban J connectivity index is 0.00000192. The van der Waals surface area contributed by atoms with Gasteiger partial charge in [0, 0.05) is 19.6 Å². The fourth-order valence-electron chi connectivity index (χ4n) is 2.81. The summed E-state index contributed by atoms with van der Waals surface area (Å²) in [6, 6.07) is 17.7. The highest BCUT2D eigenvalue weighted by Gasteiger charge is 2.14. The van der Waals surface area contributed by atoms with E-state index >= 15 is 0 Å². The van der Waals surface area contributed by atoms with Crippen molar-refractivity contribution in [1.82, 2.24) is 4.90 Å². The molecule has 1 aliphatic rings. The van der Waals surface area contributed by atoms with Crippen molar-refractivity contribution in [3.05, 3.63) is 77.4 Å². The molecular weight excluding hydrogens is 310 g/mol. The van der Waals surface area contributed by atoms with E-state index in [1.54, 1.807) is 12.1 Å². The lowest BCUT2D eigenvalue weighted by molar-refractivity contribution is 0.0697. The predicted molar refractivity (Wildman–Crippen MR) is 95.0 cm³/mol. The number of aromatic carboxylic acids is 1. The van der Waals surface area contributed by atoms with Crippen LogP contribution in [0.1, 0.15) is 27.9 Å². The minimum absolute atomic E-state index is 0. The van der Waals surface area contributed by atoms with Gasteiger partial charge in [0.15, 0.2) is 0 Å². The zero-order valence-corrected chi connectivity index (χ0v) is 13.6. The number of halogens is 1. The van der Waals surface area contributed by atoms with E-state index in [0.29, 0.717) is 5.56 Å². The van der Waals surface area contributed by atoms with Crippen LogP contribution in [0, 0.1) is 0 Å². The normalized spacial score (nSPS) is 14.7. The van der Waals surface area contributed by atoms with Gasteiger partial charge in [0.05, 0.1) is 5.56 Å². The van der Waals surface area contributed by atoms with Crippen LogP contribution >= 0.6 is 12.4 Å². The van der Waals surface area contributed by atoms with E-state index in [9.17, 15) is 4.79 Å². The lowest BCUT2D eigenvalue weighted by atomic mass is 9.97. The van der Waals surface area contributed by atoms with Crippen LogP contribution in [0.15, 0.2) is 60.7 Å². The molecule has 0 aromatic heterocycles. The third-order valence-electron chi connectivity index (χ3n) is 4.02. The lowest BCUT2D eigenvalue weighted by Gasteiger charge is -2.26. The summed E-state index contributed by atoms with van der Waals surface area (Å²) in [6.45, 7) is 2.86. The summed E-state index contributed by atoms with van der Waals surface area (Å²) < 4.78 is 0. The van der Waals surface area contributed by atoms with E-state index in [2.05, 4.69) is 35.2 Å². The van der Waals surface area contributed by atoms with Crippen molar-refractivity contribution in [2.45, 2.75) is 13.0 Å². The van der Waals surface area contributed by atoms with Crippen LogP contribution in [-0.2, 0) is 6.54 Å². The second-order valence-electron chi connectivity index (χ2n) is 5.59. The van der Waals surface area contributed by atoms with E-state index < -0.39 is 5.97 Å².